The van der Waals surface area contributed by atoms with Crippen molar-refractivity contribution < 1.29 is 4.79 Å². The molecule has 2 rings (SSSR count). The fourth-order valence-electron chi connectivity index (χ4n) is 1.89. The smallest absolute Gasteiger partial charge is 0.223 e. The van der Waals surface area contributed by atoms with Crippen LogP contribution in [0.2, 0.25) is 0 Å². The average Bonchev–Trinajstić information content (AvgIpc) is 2.65. The second-order valence-electron chi connectivity index (χ2n) is 3.79. The highest BCUT2D eigenvalue weighted by Crippen LogP contribution is 2.16. The molecule has 1 aliphatic heterocycles. The van der Waals surface area contributed by atoms with E-state index >= 15 is 0 Å². The third-order valence-electron chi connectivity index (χ3n) is 2.70. The molecule has 1 atom stereocenters. The van der Waals surface area contributed by atoms with Crippen LogP contribution in [0.4, 0.5) is 0 Å². The molecule has 1 amide bonds. The minimum Gasteiger partial charge on any atom is -0.356 e. The Morgan fingerprint density at radius 3 is 3.07 bits per heavy atom. The Morgan fingerprint density at radius 2 is 2.40 bits per heavy atom. The topological polar surface area (TPSA) is 52.9 Å². The Balaban J connectivity index is 2.10. The van der Waals surface area contributed by atoms with E-state index in [0.29, 0.717) is 5.56 Å². The van der Waals surface area contributed by atoms with Gasteiger partial charge >= 0.3 is 0 Å². The van der Waals surface area contributed by atoms with Crippen LogP contribution in [0.25, 0.3) is 0 Å². The van der Waals surface area contributed by atoms with E-state index in [2.05, 4.69) is 11.4 Å². The van der Waals surface area contributed by atoms with Crippen LogP contribution in [0.1, 0.15) is 17.5 Å². The van der Waals surface area contributed by atoms with Gasteiger partial charge in [0.1, 0.15) is 0 Å². The number of carbonyl (C=O) groups is 1. The summed E-state index contributed by atoms with van der Waals surface area (Å²) >= 11 is 0. The lowest BCUT2D eigenvalue weighted by atomic mass is 9.97. The van der Waals surface area contributed by atoms with Gasteiger partial charge in [0.15, 0.2) is 0 Å². The Labute approximate surface area is 88.7 Å². The lowest BCUT2D eigenvalue weighted by Crippen LogP contribution is -2.20. The van der Waals surface area contributed by atoms with Gasteiger partial charge in [0.2, 0.25) is 5.91 Å². The number of amides is 1. The van der Waals surface area contributed by atoms with Crippen LogP contribution in [0, 0.1) is 17.2 Å². The van der Waals surface area contributed by atoms with Crippen LogP contribution >= 0.6 is 0 Å². The molecule has 1 fully saturated rings. The fourth-order valence-corrected chi connectivity index (χ4v) is 1.89. The van der Waals surface area contributed by atoms with Gasteiger partial charge in [0.25, 0.3) is 0 Å². The highest BCUT2D eigenvalue weighted by atomic mass is 16.2. The van der Waals surface area contributed by atoms with Crippen molar-refractivity contribution in [3.05, 3.63) is 35.4 Å². The van der Waals surface area contributed by atoms with Crippen molar-refractivity contribution >= 4 is 5.91 Å². The van der Waals surface area contributed by atoms with Crippen molar-refractivity contribution in [2.45, 2.75) is 12.8 Å². The van der Waals surface area contributed by atoms with Crippen molar-refractivity contribution in [2.24, 2.45) is 5.92 Å². The summed E-state index contributed by atoms with van der Waals surface area (Å²) in [5.74, 6) is 0.219. The van der Waals surface area contributed by atoms with Crippen LogP contribution in [0.3, 0.4) is 0 Å². The number of hydrogen-bond acceptors (Lipinski definition) is 2. The zero-order chi connectivity index (χ0) is 10.7. The SMILES string of the molecule is N#Cc1cccc(CC2CCNC2=O)c1. The summed E-state index contributed by atoms with van der Waals surface area (Å²) in [6.07, 6.45) is 1.64. The molecule has 76 valence electrons. The van der Waals surface area contributed by atoms with Gasteiger partial charge in [-0.25, -0.2) is 0 Å². The lowest BCUT2D eigenvalue weighted by molar-refractivity contribution is -0.122. The quantitative estimate of drug-likeness (QED) is 0.780. The zero-order valence-corrected chi connectivity index (χ0v) is 8.36. The molecule has 1 aromatic carbocycles. The largest absolute Gasteiger partial charge is 0.356 e. The molecular formula is C12H12N2O. The maximum atomic E-state index is 11.4. The summed E-state index contributed by atoms with van der Waals surface area (Å²) in [4.78, 5) is 11.4. The van der Waals surface area contributed by atoms with E-state index in [9.17, 15) is 4.79 Å². The van der Waals surface area contributed by atoms with Crippen molar-refractivity contribution in [3.63, 3.8) is 0 Å². The Morgan fingerprint density at radius 1 is 1.53 bits per heavy atom. The first-order valence-corrected chi connectivity index (χ1v) is 5.06. The molecule has 0 spiro atoms. The molecule has 1 N–H and O–H groups in total. The second kappa shape index (κ2) is 4.14. The minimum atomic E-state index is 0.0824. The maximum absolute atomic E-state index is 11.4. The molecule has 0 aliphatic carbocycles. The summed E-state index contributed by atoms with van der Waals surface area (Å²) in [5, 5.41) is 11.6. The van der Waals surface area contributed by atoms with E-state index in [-0.39, 0.29) is 11.8 Å². The molecule has 1 heterocycles. The van der Waals surface area contributed by atoms with Gasteiger partial charge < -0.3 is 5.32 Å². The molecule has 0 bridgehead atoms. The number of rotatable bonds is 2. The van der Waals surface area contributed by atoms with Gasteiger partial charge in [-0.1, -0.05) is 12.1 Å². The van der Waals surface area contributed by atoms with Crippen molar-refractivity contribution in [3.8, 4) is 6.07 Å². The molecule has 3 nitrogen and oxygen atoms in total. The third-order valence-corrected chi connectivity index (χ3v) is 2.70. The van der Waals surface area contributed by atoms with Crippen molar-refractivity contribution in [1.29, 1.82) is 5.26 Å². The first kappa shape index (κ1) is 9.72. The first-order valence-electron chi connectivity index (χ1n) is 5.06. The standard InChI is InChI=1S/C12H12N2O/c13-8-10-3-1-2-9(6-10)7-11-4-5-14-12(11)15/h1-3,6,11H,4-5,7H2,(H,14,15). The summed E-state index contributed by atoms with van der Waals surface area (Å²) in [5.41, 5.74) is 1.72. The van der Waals surface area contributed by atoms with Crippen LogP contribution in [-0.2, 0) is 11.2 Å². The van der Waals surface area contributed by atoms with Crippen LogP contribution in [0.15, 0.2) is 24.3 Å². The predicted molar refractivity (Wildman–Crippen MR) is 56.0 cm³/mol. The number of nitrogens with zero attached hydrogens (tertiary/aromatic N) is 1. The molecular weight excluding hydrogens is 188 g/mol. The number of nitrogens with one attached hydrogen (secondary N) is 1. The molecule has 3 heteroatoms. The number of hydrogen-bond donors (Lipinski definition) is 1. The summed E-state index contributed by atoms with van der Waals surface area (Å²) < 4.78 is 0. The molecule has 0 radical (unpaired) electrons. The average molecular weight is 200 g/mol. The van der Waals surface area contributed by atoms with Crippen molar-refractivity contribution in [1.82, 2.24) is 5.32 Å². The fraction of sp³-hybridized carbons (Fsp3) is 0.333. The third kappa shape index (κ3) is 2.16. The van der Waals surface area contributed by atoms with Gasteiger partial charge in [-0.15, -0.1) is 0 Å². The van der Waals surface area contributed by atoms with E-state index < -0.39 is 0 Å². The van der Waals surface area contributed by atoms with Gasteiger partial charge in [-0.05, 0) is 30.5 Å². The van der Waals surface area contributed by atoms with Gasteiger partial charge in [0, 0.05) is 12.5 Å². The monoisotopic (exact) mass is 200 g/mol. The number of nitriles is 1. The van der Waals surface area contributed by atoms with E-state index in [1.54, 1.807) is 6.07 Å². The van der Waals surface area contributed by atoms with E-state index in [4.69, 9.17) is 5.26 Å². The number of benzene rings is 1. The molecule has 1 aromatic rings. The highest BCUT2D eigenvalue weighted by Gasteiger charge is 2.23. The summed E-state index contributed by atoms with van der Waals surface area (Å²) in [6.45, 7) is 0.779. The van der Waals surface area contributed by atoms with Crippen LogP contribution in [0.5, 0.6) is 0 Å². The molecule has 0 aromatic heterocycles. The van der Waals surface area contributed by atoms with Gasteiger partial charge in [-0.3, -0.25) is 4.79 Å². The zero-order valence-electron chi connectivity index (χ0n) is 8.36. The molecule has 1 unspecified atom stereocenters. The first-order chi connectivity index (χ1) is 7.29. The minimum absolute atomic E-state index is 0.0824. The lowest BCUT2D eigenvalue weighted by Gasteiger charge is -2.06. The number of carbonyl (C=O) groups excluding carboxylic acids is 1. The summed E-state index contributed by atoms with van der Waals surface area (Å²) in [7, 11) is 0. The van der Waals surface area contributed by atoms with E-state index in [0.717, 1.165) is 24.9 Å². The van der Waals surface area contributed by atoms with E-state index in [1.165, 1.54) is 0 Å². The maximum Gasteiger partial charge on any atom is 0.223 e. The van der Waals surface area contributed by atoms with Gasteiger partial charge in [-0.2, -0.15) is 5.26 Å². The molecule has 1 aliphatic rings. The second-order valence-corrected chi connectivity index (χ2v) is 3.79. The van der Waals surface area contributed by atoms with Crippen LogP contribution in [-0.4, -0.2) is 12.5 Å². The summed E-state index contributed by atoms with van der Waals surface area (Å²) in [6, 6.07) is 9.56. The highest BCUT2D eigenvalue weighted by molar-refractivity contribution is 5.80. The Bertz CT molecular complexity index is 420. The molecule has 0 saturated carbocycles. The Kier molecular flexibility index (Phi) is 2.68. The van der Waals surface area contributed by atoms with Crippen molar-refractivity contribution in [2.75, 3.05) is 6.54 Å². The molecule has 15 heavy (non-hydrogen) atoms. The molecule has 1 saturated heterocycles. The van der Waals surface area contributed by atoms with E-state index in [1.807, 2.05) is 18.2 Å². The Hall–Kier alpha value is -1.82. The van der Waals surface area contributed by atoms with Gasteiger partial charge in [0.05, 0.1) is 11.6 Å². The normalized spacial score (nSPS) is 19.7. The van der Waals surface area contributed by atoms with Crippen LogP contribution < -0.4 is 5.32 Å². The predicted octanol–water partition coefficient (Wildman–Crippen LogP) is 1.24.